The van der Waals surface area contributed by atoms with Gasteiger partial charge >= 0.3 is 0 Å². The predicted octanol–water partition coefficient (Wildman–Crippen LogP) is 1.21. The number of rotatable bonds is 5. The standard InChI is InChI=1S/C14H22N2O2/c1-14(10-17,11-18)13(16-7-2-3-8-16)12-5-4-6-15-9-12/h4-6,9,13,17-18H,2-3,7-8,10-11H2,1H3. The van der Waals surface area contributed by atoms with Gasteiger partial charge in [0.15, 0.2) is 0 Å². The number of aromatic nitrogens is 1. The normalized spacial score (nSPS) is 19.1. The molecule has 2 heterocycles. The Kier molecular flexibility index (Phi) is 4.32. The highest BCUT2D eigenvalue weighted by Crippen LogP contribution is 2.39. The van der Waals surface area contributed by atoms with Crippen LogP contribution in [0.4, 0.5) is 0 Å². The molecular formula is C14H22N2O2. The Balaban J connectivity index is 2.33. The van der Waals surface area contributed by atoms with Crippen molar-refractivity contribution in [2.75, 3.05) is 26.3 Å². The molecular weight excluding hydrogens is 228 g/mol. The van der Waals surface area contributed by atoms with E-state index in [2.05, 4.69) is 9.88 Å². The van der Waals surface area contributed by atoms with Gasteiger partial charge in [-0.2, -0.15) is 0 Å². The van der Waals surface area contributed by atoms with Crippen LogP contribution in [0.2, 0.25) is 0 Å². The molecule has 1 saturated heterocycles. The molecule has 18 heavy (non-hydrogen) atoms. The molecule has 0 amide bonds. The molecule has 0 aliphatic carbocycles. The molecule has 0 spiro atoms. The van der Waals surface area contributed by atoms with Crippen molar-refractivity contribution in [3.63, 3.8) is 0 Å². The summed E-state index contributed by atoms with van der Waals surface area (Å²) >= 11 is 0. The predicted molar refractivity (Wildman–Crippen MR) is 70.1 cm³/mol. The van der Waals surface area contributed by atoms with Crippen molar-refractivity contribution in [1.29, 1.82) is 0 Å². The van der Waals surface area contributed by atoms with Crippen molar-refractivity contribution in [1.82, 2.24) is 9.88 Å². The molecule has 1 atom stereocenters. The molecule has 1 aromatic heterocycles. The van der Waals surface area contributed by atoms with E-state index in [4.69, 9.17) is 0 Å². The lowest BCUT2D eigenvalue weighted by molar-refractivity contribution is -0.00853. The highest BCUT2D eigenvalue weighted by Gasteiger charge is 2.39. The van der Waals surface area contributed by atoms with Gasteiger partial charge in [0, 0.05) is 23.9 Å². The van der Waals surface area contributed by atoms with E-state index in [1.807, 2.05) is 25.3 Å². The van der Waals surface area contributed by atoms with Gasteiger partial charge < -0.3 is 10.2 Å². The molecule has 0 bridgehead atoms. The third-order valence-corrected chi connectivity index (χ3v) is 3.89. The van der Waals surface area contributed by atoms with E-state index in [-0.39, 0.29) is 19.3 Å². The largest absolute Gasteiger partial charge is 0.396 e. The Morgan fingerprint density at radius 1 is 1.33 bits per heavy atom. The van der Waals surface area contributed by atoms with Crippen LogP contribution in [0.15, 0.2) is 24.5 Å². The van der Waals surface area contributed by atoms with Crippen LogP contribution < -0.4 is 0 Å². The summed E-state index contributed by atoms with van der Waals surface area (Å²) in [5.74, 6) is 0. The maximum Gasteiger partial charge on any atom is 0.0525 e. The van der Waals surface area contributed by atoms with E-state index >= 15 is 0 Å². The van der Waals surface area contributed by atoms with Gasteiger partial charge in [-0.1, -0.05) is 13.0 Å². The van der Waals surface area contributed by atoms with Gasteiger partial charge in [-0.15, -0.1) is 0 Å². The van der Waals surface area contributed by atoms with Crippen LogP contribution in [-0.2, 0) is 0 Å². The fourth-order valence-electron chi connectivity index (χ4n) is 2.81. The van der Waals surface area contributed by atoms with Crippen LogP contribution in [-0.4, -0.2) is 46.4 Å². The summed E-state index contributed by atoms with van der Waals surface area (Å²) < 4.78 is 0. The molecule has 0 radical (unpaired) electrons. The smallest absolute Gasteiger partial charge is 0.0525 e. The zero-order chi connectivity index (χ0) is 13.0. The Morgan fingerprint density at radius 2 is 2.00 bits per heavy atom. The van der Waals surface area contributed by atoms with Gasteiger partial charge in [0.1, 0.15) is 0 Å². The summed E-state index contributed by atoms with van der Waals surface area (Å²) in [4.78, 5) is 6.52. The second-order valence-electron chi connectivity index (χ2n) is 5.40. The number of pyridine rings is 1. The lowest BCUT2D eigenvalue weighted by Crippen LogP contribution is -2.43. The second-order valence-corrected chi connectivity index (χ2v) is 5.40. The monoisotopic (exact) mass is 250 g/mol. The highest BCUT2D eigenvalue weighted by atomic mass is 16.3. The third kappa shape index (κ3) is 2.55. The molecule has 1 aliphatic rings. The van der Waals surface area contributed by atoms with E-state index in [1.54, 1.807) is 6.20 Å². The van der Waals surface area contributed by atoms with Crippen LogP contribution in [0.1, 0.15) is 31.4 Å². The van der Waals surface area contributed by atoms with E-state index in [1.165, 1.54) is 12.8 Å². The molecule has 2 N–H and O–H groups in total. The van der Waals surface area contributed by atoms with E-state index < -0.39 is 5.41 Å². The topological polar surface area (TPSA) is 56.6 Å². The number of nitrogens with zero attached hydrogens (tertiary/aromatic N) is 2. The van der Waals surface area contributed by atoms with Crippen molar-refractivity contribution in [2.24, 2.45) is 5.41 Å². The summed E-state index contributed by atoms with van der Waals surface area (Å²) in [6, 6.07) is 3.97. The maximum atomic E-state index is 9.67. The van der Waals surface area contributed by atoms with E-state index in [0.29, 0.717) is 0 Å². The van der Waals surface area contributed by atoms with Crippen molar-refractivity contribution in [2.45, 2.75) is 25.8 Å². The van der Waals surface area contributed by atoms with Crippen molar-refractivity contribution in [3.05, 3.63) is 30.1 Å². The fraction of sp³-hybridized carbons (Fsp3) is 0.643. The van der Waals surface area contributed by atoms with Gasteiger partial charge in [0.2, 0.25) is 0 Å². The Labute approximate surface area is 108 Å². The maximum absolute atomic E-state index is 9.67. The SMILES string of the molecule is CC(CO)(CO)C(c1cccnc1)N1CCCC1. The molecule has 100 valence electrons. The molecule has 1 aromatic rings. The summed E-state index contributed by atoms with van der Waals surface area (Å²) in [6.45, 7) is 3.92. The molecule has 2 rings (SSSR count). The number of likely N-dealkylation sites (tertiary alicyclic amines) is 1. The lowest BCUT2D eigenvalue weighted by Gasteiger charge is -2.40. The van der Waals surface area contributed by atoms with Crippen LogP contribution >= 0.6 is 0 Å². The first-order chi connectivity index (χ1) is 8.71. The number of hydrogen-bond donors (Lipinski definition) is 2. The highest BCUT2D eigenvalue weighted by molar-refractivity contribution is 5.18. The minimum atomic E-state index is -0.534. The molecule has 0 saturated carbocycles. The van der Waals surface area contributed by atoms with Gasteiger partial charge in [0.05, 0.1) is 13.2 Å². The second kappa shape index (κ2) is 5.78. The minimum Gasteiger partial charge on any atom is -0.396 e. The summed E-state index contributed by atoms with van der Waals surface area (Å²) in [5, 5.41) is 19.3. The van der Waals surface area contributed by atoms with E-state index in [9.17, 15) is 10.2 Å². The zero-order valence-electron chi connectivity index (χ0n) is 10.9. The minimum absolute atomic E-state index is 0.0282. The number of aliphatic hydroxyl groups is 2. The summed E-state index contributed by atoms with van der Waals surface area (Å²) in [6.07, 6.45) is 5.96. The number of aliphatic hydroxyl groups excluding tert-OH is 2. The van der Waals surface area contributed by atoms with Gasteiger partial charge in [-0.25, -0.2) is 0 Å². The average Bonchev–Trinajstić information content (AvgIpc) is 2.93. The van der Waals surface area contributed by atoms with Crippen molar-refractivity contribution < 1.29 is 10.2 Å². The lowest BCUT2D eigenvalue weighted by atomic mass is 9.79. The Hall–Kier alpha value is -0.970. The quantitative estimate of drug-likeness (QED) is 0.824. The van der Waals surface area contributed by atoms with Gasteiger partial charge in [-0.05, 0) is 37.6 Å². The molecule has 4 nitrogen and oxygen atoms in total. The molecule has 0 aromatic carbocycles. The van der Waals surface area contributed by atoms with Crippen LogP contribution in [0.3, 0.4) is 0 Å². The average molecular weight is 250 g/mol. The third-order valence-electron chi connectivity index (χ3n) is 3.89. The van der Waals surface area contributed by atoms with Gasteiger partial charge in [0.25, 0.3) is 0 Å². The fourth-order valence-corrected chi connectivity index (χ4v) is 2.81. The van der Waals surface area contributed by atoms with E-state index in [0.717, 1.165) is 18.7 Å². The zero-order valence-corrected chi connectivity index (χ0v) is 10.9. The Bertz CT molecular complexity index is 359. The van der Waals surface area contributed by atoms with Crippen molar-refractivity contribution in [3.8, 4) is 0 Å². The first-order valence-corrected chi connectivity index (χ1v) is 6.57. The first-order valence-electron chi connectivity index (χ1n) is 6.57. The summed E-state index contributed by atoms with van der Waals surface area (Å²) in [5.41, 5.74) is 0.540. The summed E-state index contributed by atoms with van der Waals surface area (Å²) in [7, 11) is 0. The number of hydrogen-bond acceptors (Lipinski definition) is 4. The molecule has 1 aliphatic heterocycles. The van der Waals surface area contributed by atoms with Gasteiger partial charge in [-0.3, -0.25) is 9.88 Å². The molecule has 4 heteroatoms. The Morgan fingerprint density at radius 3 is 2.50 bits per heavy atom. The van der Waals surface area contributed by atoms with Crippen LogP contribution in [0.25, 0.3) is 0 Å². The van der Waals surface area contributed by atoms with Crippen molar-refractivity contribution >= 4 is 0 Å². The molecule has 1 fully saturated rings. The first kappa shape index (κ1) is 13.5. The molecule has 1 unspecified atom stereocenters. The van der Waals surface area contributed by atoms with Crippen LogP contribution in [0.5, 0.6) is 0 Å². The van der Waals surface area contributed by atoms with Crippen LogP contribution in [0, 0.1) is 5.41 Å².